The third-order valence-electron chi connectivity index (χ3n) is 4.26. The first-order valence-electron chi connectivity index (χ1n) is 8.83. The minimum Gasteiger partial charge on any atom is -0.456 e. The predicted molar refractivity (Wildman–Crippen MR) is 102 cm³/mol. The van der Waals surface area contributed by atoms with E-state index in [0.29, 0.717) is 25.3 Å². The maximum atomic E-state index is 12.8. The summed E-state index contributed by atoms with van der Waals surface area (Å²) >= 11 is 5.85. The number of halogens is 4. The van der Waals surface area contributed by atoms with Crippen LogP contribution in [0.15, 0.2) is 48.2 Å². The number of carbonyl (C=O) groups excluding carboxylic acids is 2. The van der Waals surface area contributed by atoms with E-state index in [1.807, 2.05) is 0 Å². The Hall–Kier alpha value is -3.40. The molecule has 0 saturated carbocycles. The molecule has 0 bridgehead atoms. The van der Waals surface area contributed by atoms with Gasteiger partial charge in [0, 0.05) is 31.1 Å². The fourth-order valence-corrected chi connectivity index (χ4v) is 3.02. The van der Waals surface area contributed by atoms with E-state index >= 15 is 0 Å². The van der Waals surface area contributed by atoms with Gasteiger partial charge in [-0.2, -0.15) is 13.2 Å². The first-order valence-corrected chi connectivity index (χ1v) is 9.21. The first kappa shape index (κ1) is 22.3. The van der Waals surface area contributed by atoms with E-state index in [-0.39, 0.29) is 28.1 Å². The van der Waals surface area contributed by atoms with Gasteiger partial charge in [0.15, 0.2) is 5.78 Å². The number of ether oxygens (including phenoxy) is 2. The Bertz CT molecular complexity index is 1100. The Morgan fingerprint density at radius 3 is 2.48 bits per heavy atom. The van der Waals surface area contributed by atoms with Gasteiger partial charge in [-0.1, -0.05) is 11.6 Å². The molecule has 0 amide bonds. The van der Waals surface area contributed by atoms with Crippen LogP contribution in [0.3, 0.4) is 0 Å². The smallest absolute Gasteiger partial charge is 0.416 e. The van der Waals surface area contributed by atoms with Crippen molar-refractivity contribution in [3.05, 3.63) is 74.5 Å². The monoisotopic (exact) mass is 455 g/mol. The number of alkyl halides is 3. The summed E-state index contributed by atoms with van der Waals surface area (Å²) in [5, 5.41) is 10.9. The van der Waals surface area contributed by atoms with E-state index in [4.69, 9.17) is 21.1 Å². The van der Waals surface area contributed by atoms with Crippen LogP contribution in [0, 0.1) is 10.1 Å². The van der Waals surface area contributed by atoms with Crippen molar-refractivity contribution in [2.75, 3.05) is 0 Å². The van der Waals surface area contributed by atoms with Gasteiger partial charge in [0.25, 0.3) is 5.69 Å². The van der Waals surface area contributed by atoms with E-state index in [2.05, 4.69) is 0 Å². The lowest BCUT2D eigenvalue weighted by atomic mass is 10.1. The molecule has 1 aliphatic carbocycles. The fourth-order valence-electron chi connectivity index (χ4n) is 2.80. The fraction of sp³-hybridized carbons (Fsp3) is 0.200. The highest BCUT2D eigenvalue weighted by Gasteiger charge is 2.31. The molecule has 2 aromatic carbocycles. The van der Waals surface area contributed by atoms with E-state index in [1.54, 1.807) is 0 Å². The molecule has 0 saturated heterocycles. The van der Waals surface area contributed by atoms with Crippen LogP contribution in [-0.2, 0) is 15.7 Å². The average molecular weight is 456 g/mol. The van der Waals surface area contributed by atoms with Crippen molar-refractivity contribution in [1.82, 2.24) is 0 Å². The van der Waals surface area contributed by atoms with Gasteiger partial charge in [0.05, 0.1) is 15.5 Å². The molecule has 0 fully saturated rings. The zero-order valence-electron chi connectivity index (χ0n) is 15.6. The number of nitro benzene ring substituents is 1. The van der Waals surface area contributed by atoms with Gasteiger partial charge in [0.2, 0.25) is 0 Å². The van der Waals surface area contributed by atoms with Crippen molar-refractivity contribution in [2.24, 2.45) is 0 Å². The number of ketones is 1. The lowest BCUT2D eigenvalue weighted by molar-refractivity contribution is -0.385. The highest BCUT2D eigenvalue weighted by molar-refractivity contribution is 6.32. The molecule has 2 aromatic rings. The van der Waals surface area contributed by atoms with Crippen molar-refractivity contribution < 1.29 is 37.2 Å². The minimum atomic E-state index is -4.60. The van der Waals surface area contributed by atoms with Crippen LogP contribution >= 0.6 is 11.6 Å². The highest BCUT2D eigenvalue weighted by atomic mass is 35.5. The molecule has 0 atom stereocenters. The van der Waals surface area contributed by atoms with Gasteiger partial charge in [-0.3, -0.25) is 14.9 Å². The van der Waals surface area contributed by atoms with E-state index in [1.165, 1.54) is 0 Å². The Balaban J connectivity index is 1.89. The molecule has 3 rings (SSSR count). The summed E-state index contributed by atoms with van der Waals surface area (Å²) in [6.07, 6.45) is -2.31. The van der Waals surface area contributed by atoms with Gasteiger partial charge in [0.1, 0.15) is 22.8 Å². The van der Waals surface area contributed by atoms with Crippen molar-refractivity contribution in [3.8, 4) is 11.5 Å². The second kappa shape index (κ2) is 8.76. The maximum Gasteiger partial charge on any atom is 0.416 e. The second-order valence-corrected chi connectivity index (χ2v) is 6.91. The lowest BCUT2D eigenvalue weighted by Gasteiger charge is -2.13. The Labute approximate surface area is 178 Å². The molecule has 0 spiro atoms. The molecule has 0 unspecified atom stereocenters. The number of nitro groups is 1. The molecule has 1 aliphatic rings. The molecule has 162 valence electrons. The van der Waals surface area contributed by atoms with Crippen molar-refractivity contribution in [1.29, 1.82) is 0 Å². The summed E-state index contributed by atoms with van der Waals surface area (Å²) in [6, 6.07) is 5.58. The Morgan fingerprint density at radius 2 is 1.87 bits per heavy atom. The quantitative estimate of drug-likeness (QED) is 0.318. The third kappa shape index (κ3) is 5.40. The Kier molecular flexibility index (Phi) is 6.30. The summed E-state index contributed by atoms with van der Waals surface area (Å²) in [6.45, 7) is 0. The number of allylic oxidation sites excluding steroid dienone is 2. The molecule has 7 nitrogen and oxygen atoms in total. The number of nitrogens with zero attached hydrogens (tertiary/aromatic N) is 1. The van der Waals surface area contributed by atoms with Gasteiger partial charge < -0.3 is 9.47 Å². The molecule has 0 radical (unpaired) electrons. The molecule has 0 aliphatic heterocycles. The summed E-state index contributed by atoms with van der Waals surface area (Å²) < 4.78 is 48.8. The topological polar surface area (TPSA) is 95.7 Å². The van der Waals surface area contributed by atoms with Gasteiger partial charge in [-0.25, -0.2) is 4.79 Å². The van der Waals surface area contributed by atoms with E-state index < -0.39 is 33.9 Å². The number of esters is 1. The van der Waals surface area contributed by atoms with Gasteiger partial charge in [-0.15, -0.1) is 0 Å². The maximum absolute atomic E-state index is 12.8. The molecule has 31 heavy (non-hydrogen) atoms. The van der Waals surface area contributed by atoms with Crippen molar-refractivity contribution in [3.63, 3.8) is 0 Å². The number of hydrogen-bond donors (Lipinski definition) is 0. The van der Waals surface area contributed by atoms with Crippen molar-refractivity contribution in [2.45, 2.75) is 25.4 Å². The van der Waals surface area contributed by atoms with Gasteiger partial charge >= 0.3 is 12.1 Å². The predicted octanol–water partition coefficient (Wildman–Crippen LogP) is 5.85. The SMILES string of the molecule is O=C1C=C(OC(=O)c2cc(Oc3ccc(C(F)(F)F)cc3Cl)ccc2[N+](=O)[O-])CCC1. The average Bonchev–Trinajstić information content (AvgIpc) is 2.68. The molecular formula is C20H13ClF3NO6. The largest absolute Gasteiger partial charge is 0.456 e. The summed E-state index contributed by atoms with van der Waals surface area (Å²) in [5.41, 5.74) is -2.00. The van der Waals surface area contributed by atoms with Crippen molar-refractivity contribution >= 4 is 29.0 Å². The number of rotatable bonds is 5. The van der Waals surface area contributed by atoms with Crippen LogP contribution in [0.4, 0.5) is 18.9 Å². The highest BCUT2D eigenvalue weighted by Crippen LogP contribution is 2.37. The lowest BCUT2D eigenvalue weighted by Crippen LogP contribution is -2.12. The molecule has 0 N–H and O–H groups in total. The van der Waals surface area contributed by atoms with Crippen LogP contribution in [0.5, 0.6) is 11.5 Å². The van der Waals surface area contributed by atoms with E-state index in [0.717, 1.165) is 36.4 Å². The second-order valence-electron chi connectivity index (χ2n) is 6.50. The van der Waals surface area contributed by atoms with Crippen LogP contribution in [0.2, 0.25) is 5.02 Å². The Morgan fingerprint density at radius 1 is 1.13 bits per heavy atom. The molecule has 11 heteroatoms. The summed E-state index contributed by atoms with van der Waals surface area (Å²) in [5.74, 6) is -1.45. The van der Waals surface area contributed by atoms with Crippen LogP contribution < -0.4 is 4.74 Å². The molecule has 0 heterocycles. The van der Waals surface area contributed by atoms with Crippen LogP contribution in [0.1, 0.15) is 35.2 Å². The minimum absolute atomic E-state index is 0.0899. The summed E-state index contributed by atoms with van der Waals surface area (Å²) in [7, 11) is 0. The van der Waals surface area contributed by atoms with Crippen LogP contribution in [0.25, 0.3) is 0 Å². The summed E-state index contributed by atoms with van der Waals surface area (Å²) in [4.78, 5) is 34.4. The number of benzene rings is 2. The normalized spacial score (nSPS) is 14.1. The zero-order valence-corrected chi connectivity index (χ0v) is 16.3. The van der Waals surface area contributed by atoms with Crippen LogP contribution in [-0.4, -0.2) is 16.7 Å². The number of carbonyl (C=O) groups is 2. The standard InChI is InChI=1S/C20H13ClF3NO6/c21-16-8-11(20(22,23)24)4-7-18(16)30-14-5-6-17(25(28)29)15(10-14)19(27)31-13-3-1-2-12(26)9-13/h4-10H,1-3H2. The zero-order chi connectivity index (χ0) is 22.8. The number of hydrogen-bond acceptors (Lipinski definition) is 6. The molecular weight excluding hydrogens is 443 g/mol. The third-order valence-corrected chi connectivity index (χ3v) is 4.56. The first-order chi connectivity index (χ1) is 14.5. The molecule has 0 aromatic heterocycles. The van der Waals surface area contributed by atoms with E-state index in [9.17, 15) is 32.9 Å². The van der Waals surface area contributed by atoms with Gasteiger partial charge in [-0.05, 0) is 30.7 Å².